The fourth-order valence-electron chi connectivity index (χ4n) is 4.90. The van der Waals surface area contributed by atoms with Gasteiger partial charge in [-0.25, -0.2) is 0 Å². The predicted octanol–water partition coefficient (Wildman–Crippen LogP) is 5.06. The lowest BCUT2D eigenvalue weighted by Crippen LogP contribution is -2.48. The summed E-state index contributed by atoms with van der Waals surface area (Å²) in [7, 11) is 0. The van der Waals surface area contributed by atoms with E-state index in [9.17, 15) is 19.7 Å². The van der Waals surface area contributed by atoms with E-state index in [1.807, 2.05) is 0 Å². The zero-order chi connectivity index (χ0) is 21.3. The summed E-state index contributed by atoms with van der Waals surface area (Å²) < 4.78 is 5.59. The molecule has 0 heterocycles. The van der Waals surface area contributed by atoms with Crippen LogP contribution in [0.1, 0.15) is 87.4 Å². The van der Waals surface area contributed by atoms with Gasteiger partial charge < -0.3 is 9.64 Å². The smallest absolute Gasteiger partial charge is 0.321 e. The zero-order valence-electron chi connectivity index (χ0n) is 17.6. The Morgan fingerprint density at radius 2 is 1.67 bits per heavy atom. The Morgan fingerprint density at radius 1 is 1.07 bits per heavy atom. The molecule has 0 spiro atoms. The van der Waals surface area contributed by atoms with Crippen molar-refractivity contribution in [3.8, 4) is 5.75 Å². The molecule has 2 fully saturated rings. The average molecular weight is 417 g/mol. The highest BCUT2D eigenvalue weighted by molar-refractivity contribution is 5.83. The van der Waals surface area contributed by atoms with Gasteiger partial charge in [0.15, 0.2) is 12.0 Å². The lowest BCUT2D eigenvalue weighted by atomic mass is 9.88. The first-order valence-electron chi connectivity index (χ1n) is 11.3. The van der Waals surface area contributed by atoms with Crippen LogP contribution in [-0.2, 0) is 4.79 Å². The molecule has 2 aliphatic carbocycles. The average Bonchev–Trinajstić information content (AvgIpc) is 2.78. The van der Waals surface area contributed by atoms with E-state index in [0.717, 1.165) is 25.7 Å². The fraction of sp³-hybridized carbons (Fsp3) is 0.652. The largest absolute Gasteiger partial charge is 0.487 e. The molecule has 0 aliphatic heterocycles. The van der Waals surface area contributed by atoms with Gasteiger partial charge in [-0.15, -0.1) is 0 Å². The minimum atomic E-state index is -0.599. The Morgan fingerprint density at radius 3 is 2.20 bits per heavy atom. The van der Waals surface area contributed by atoms with Crippen molar-refractivity contribution in [1.29, 1.82) is 0 Å². The molecule has 7 heteroatoms. The number of benzene rings is 1. The summed E-state index contributed by atoms with van der Waals surface area (Å²) in [5.41, 5.74) is -0.320. The summed E-state index contributed by atoms with van der Waals surface area (Å²) in [5.74, 6) is 0.266. The van der Waals surface area contributed by atoms with E-state index in [1.54, 1.807) is 6.07 Å². The number of nitro benzene ring substituents is 1. The summed E-state index contributed by atoms with van der Waals surface area (Å²) in [4.78, 5) is 37.1. The van der Waals surface area contributed by atoms with E-state index in [1.165, 1.54) is 50.7 Å². The minimum absolute atomic E-state index is 0.00523. The van der Waals surface area contributed by atoms with Crippen molar-refractivity contribution in [3.63, 3.8) is 0 Å². The molecule has 2 aliphatic rings. The number of hydrogen-bond acceptors (Lipinski definition) is 5. The monoisotopic (exact) mass is 416 g/mol. The molecule has 30 heavy (non-hydrogen) atoms. The van der Waals surface area contributed by atoms with Gasteiger partial charge in [0.05, 0.1) is 17.1 Å². The Labute approximate surface area is 177 Å². The van der Waals surface area contributed by atoms with Crippen molar-refractivity contribution in [2.45, 2.75) is 89.1 Å². The van der Waals surface area contributed by atoms with Gasteiger partial charge in [0, 0.05) is 18.5 Å². The quantitative estimate of drug-likeness (QED) is 0.243. The first-order valence-corrected chi connectivity index (χ1v) is 11.3. The van der Waals surface area contributed by atoms with Crippen molar-refractivity contribution < 1.29 is 19.2 Å². The van der Waals surface area contributed by atoms with Crippen LogP contribution in [0.25, 0.3) is 0 Å². The lowest BCUT2D eigenvalue weighted by molar-refractivity contribution is -0.386. The number of nitro groups is 1. The van der Waals surface area contributed by atoms with E-state index >= 15 is 0 Å². The van der Waals surface area contributed by atoms with Crippen LogP contribution in [-0.4, -0.2) is 40.7 Å². The maximum atomic E-state index is 13.1. The molecule has 0 N–H and O–H groups in total. The molecular formula is C23H32N2O5. The van der Waals surface area contributed by atoms with Crippen molar-refractivity contribution in [2.24, 2.45) is 0 Å². The Hall–Kier alpha value is -2.44. The van der Waals surface area contributed by atoms with Crippen LogP contribution in [0.5, 0.6) is 5.75 Å². The third kappa shape index (κ3) is 5.58. The van der Waals surface area contributed by atoms with Crippen molar-refractivity contribution in [1.82, 2.24) is 4.90 Å². The van der Waals surface area contributed by atoms with Crippen molar-refractivity contribution >= 4 is 17.9 Å². The van der Waals surface area contributed by atoms with Crippen molar-refractivity contribution in [3.05, 3.63) is 33.9 Å². The van der Waals surface area contributed by atoms with Gasteiger partial charge >= 0.3 is 5.69 Å². The van der Waals surface area contributed by atoms with E-state index < -0.39 is 4.92 Å². The van der Waals surface area contributed by atoms with E-state index in [2.05, 4.69) is 4.90 Å². The molecule has 164 valence electrons. The number of aldehydes is 1. The number of nitrogens with zero attached hydrogens (tertiary/aromatic N) is 2. The highest BCUT2D eigenvalue weighted by Crippen LogP contribution is 2.32. The first-order chi connectivity index (χ1) is 14.6. The normalized spacial score (nSPS) is 18.0. The minimum Gasteiger partial charge on any atom is -0.487 e. The molecule has 1 amide bonds. The molecular weight excluding hydrogens is 384 g/mol. The van der Waals surface area contributed by atoms with Crippen LogP contribution in [0.2, 0.25) is 0 Å². The molecule has 0 radical (unpaired) electrons. The zero-order valence-corrected chi connectivity index (χ0v) is 17.6. The third-order valence-electron chi connectivity index (χ3n) is 6.36. The van der Waals surface area contributed by atoms with Gasteiger partial charge in [-0.2, -0.15) is 0 Å². The van der Waals surface area contributed by atoms with Crippen LogP contribution in [0.4, 0.5) is 5.69 Å². The number of carbonyl (C=O) groups excluding carboxylic acids is 2. The Kier molecular flexibility index (Phi) is 8.22. The fourth-order valence-corrected chi connectivity index (χ4v) is 4.90. The van der Waals surface area contributed by atoms with Gasteiger partial charge in [0.1, 0.15) is 0 Å². The predicted molar refractivity (Wildman–Crippen MR) is 114 cm³/mol. The Bertz CT molecular complexity index is 721. The molecule has 0 saturated heterocycles. The molecule has 1 aromatic carbocycles. The molecule has 2 saturated carbocycles. The van der Waals surface area contributed by atoms with E-state index in [-0.39, 0.29) is 29.5 Å². The number of hydrogen-bond donors (Lipinski definition) is 0. The number of ether oxygens (including phenoxy) is 1. The van der Waals surface area contributed by atoms with Crippen LogP contribution in [0, 0.1) is 10.1 Å². The molecule has 0 bridgehead atoms. The van der Waals surface area contributed by atoms with E-state index in [0.29, 0.717) is 31.2 Å². The van der Waals surface area contributed by atoms with Gasteiger partial charge in [0.25, 0.3) is 0 Å². The number of rotatable bonds is 9. The summed E-state index contributed by atoms with van der Waals surface area (Å²) in [5, 5.41) is 11.3. The van der Waals surface area contributed by atoms with Gasteiger partial charge in [-0.05, 0) is 44.2 Å². The molecule has 1 aromatic rings. The van der Waals surface area contributed by atoms with Crippen molar-refractivity contribution in [2.75, 3.05) is 6.61 Å². The van der Waals surface area contributed by atoms with Crippen LogP contribution in [0.15, 0.2) is 18.2 Å². The second-order valence-corrected chi connectivity index (χ2v) is 8.41. The Balaban J connectivity index is 1.58. The lowest BCUT2D eigenvalue weighted by Gasteiger charge is -2.42. The summed E-state index contributed by atoms with van der Waals surface area (Å²) in [6, 6.07) is 5.17. The van der Waals surface area contributed by atoms with Gasteiger partial charge in [0.2, 0.25) is 5.91 Å². The second kappa shape index (κ2) is 11.1. The van der Waals surface area contributed by atoms with Crippen LogP contribution >= 0.6 is 0 Å². The molecule has 0 unspecified atom stereocenters. The van der Waals surface area contributed by atoms with Crippen LogP contribution < -0.4 is 4.74 Å². The highest BCUT2D eigenvalue weighted by Gasteiger charge is 2.32. The highest BCUT2D eigenvalue weighted by atomic mass is 16.6. The molecule has 0 atom stereocenters. The third-order valence-corrected chi connectivity index (χ3v) is 6.36. The molecule has 7 nitrogen and oxygen atoms in total. The van der Waals surface area contributed by atoms with E-state index in [4.69, 9.17) is 4.74 Å². The summed E-state index contributed by atoms with van der Waals surface area (Å²) >= 11 is 0. The number of amides is 1. The molecule has 0 aromatic heterocycles. The van der Waals surface area contributed by atoms with Gasteiger partial charge in [-0.1, -0.05) is 44.6 Å². The summed E-state index contributed by atoms with van der Waals surface area (Å²) in [6.07, 6.45) is 13.0. The maximum Gasteiger partial charge on any atom is 0.321 e. The standard InChI is InChI=1S/C23H32N2O5/c26-17-18-9-7-14-21(23(18)25(28)29)30-16-8-15-22(27)24(19-10-3-1-4-11-19)20-12-5-2-6-13-20/h7,9,14,17,19-20H,1-6,8,10-13,15-16H2. The topological polar surface area (TPSA) is 89.8 Å². The maximum absolute atomic E-state index is 13.1. The number of carbonyl (C=O) groups is 2. The van der Waals surface area contributed by atoms with Gasteiger partial charge in [-0.3, -0.25) is 19.7 Å². The molecule has 3 rings (SSSR count). The second-order valence-electron chi connectivity index (χ2n) is 8.41. The summed E-state index contributed by atoms with van der Waals surface area (Å²) in [6.45, 7) is 0.206. The number of para-hydroxylation sites is 1. The van der Waals surface area contributed by atoms with Crippen LogP contribution in [0.3, 0.4) is 0 Å². The first kappa shape index (κ1) is 22.2. The SMILES string of the molecule is O=Cc1cccc(OCCCC(=O)N(C2CCCCC2)C2CCCCC2)c1[N+](=O)[O-].